The van der Waals surface area contributed by atoms with Gasteiger partial charge in [-0.1, -0.05) is 13.8 Å². The molecule has 0 bridgehead atoms. The molecule has 0 radical (unpaired) electrons. The highest BCUT2D eigenvalue weighted by molar-refractivity contribution is 4.89. The molecule has 0 saturated heterocycles. The third-order valence-corrected chi connectivity index (χ3v) is 2.45. The van der Waals surface area contributed by atoms with Crippen LogP contribution in [0.15, 0.2) is 0 Å². The van der Waals surface area contributed by atoms with Gasteiger partial charge in [0.2, 0.25) is 0 Å². The van der Waals surface area contributed by atoms with E-state index in [9.17, 15) is 0 Å². The van der Waals surface area contributed by atoms with E-state index in [-0.39, 0.29) is 6.04 Å². The van der Waals surface area contributed by atoms with E-state index in [0.29, 0.717) is 6.04 Å². The van der Waals surface area contributed by atoms with Crippen LogP contribution < -0.4 is 5.32 Å². The molecule has 3 nitrogen and oxygen atoms in total. The number of nitriles is 1. The molecule has 0 rings (SSSR count). The van der Waals surface area contributed by atoms with Crippen molar-refractivity contribution in [3.05, 3.63) is 0 Å². The first kappa shape index (κ1) is 13.4. The first-order valence-corrected chi connectivity index (χ1v) is 5.52. The van der Waals surface area contributed by atoms with Crippen LogP contribution in [0.25, 0.3) is 0 Å². The molecule has 0 fully saturated rings. The zero-order chi connectivity index (χ0) is 11.0. The molecule has 14 heavy (non-hydrogen) atoms. The van der Waals surface area contributed by atoms with E-state index in [1.807, 2.05) is 6.92 Å². The highest BCUT2D eigenvalue weighted by Crippen LogP contribution is 2.01. The molecule has 1 atom stereocenters. The lowest BCUT2D eigenvalue weighted by Gasteiger charge is -2.25. The maximum atomic E-state index is 8.85. The van der Waals surface area contributed by atoms with Crippen molar-refractivity contribution in [1.29, 1.82) is 5.26 Å². The van der Waals surface area contributed by atoms with Crippen LogP contribution in [-0.2, 0) is 0 Å². The van der Waals surface area contributed by atoms with Crippen molar-refractivity contribution in [2.75, 3.05) is 19.6 Å². The summed E-state index contributed by atoms with van der Waals surface area (Å²) in [7, 11) is 0. The Morgan fingerprint density at radius 3 is 2.36 bits per heavy atom. The summed E-state index contributed by atoms with van der Waals surface area (Å²) in [6, 6.07) is 2.86. The zero-order valence-corrected chi connectivity index (χ0v) is 9.88. The molecule has 0 aromatic carbocycles. The van der Waals surface area contributed by atoms with Gasteiger partial charge in [0.15, 0.2) is 0 Å². The standard InChI is InChI=1S/C11H23N3/c1-5-13-11(9-12)7-8-14(6-2)10(3)4/h10-11,13H,5-8H2,1-4H3. The van der Waals surface area contributed by atoms with Crippen molar-refractivity contribution >= 4 is 0 Å². The van der Waals surface area contributed by atoms with E-state index in [4.69, 9.17) is 5.26 Å². The molecule has 3 heteroatoms. The Hall–Kier alpha value is -0.590. The Morgan fingerprint density at radius 2 is 2.00 bits per heavy atom. The normalized spacial score (nSPS) is 13.2. The highest BCUT2D eigenvalue weighted by atomic mass is 15.1. The second-order valence-corrected chi connectivity index (χ2v) is 3.75. The summed E-state index contributed by atoms with van der Waals surface area (Å²) in [6.07, 6.45) is 0.913. The summed E-state index contributed by atoms with van der Waals surface area (Å²) in [6.45, 7) is 11.5. The van der Waals surface area contributed by atoms with Gasteiger partial charge in [0.05, 0.1) is 12.1 Å². The van der Waals surface area contributed by atoms with Gasteiger partial charge in [0.1, 0.15) is 0 Å². The Balaban J connectivity index is 3.83. The summed E-state index contributed by atoms with van der Waals surface area (Å²) in [5, 5.41) is 12.0. The topological polar surface area (TPSA) is 39.1 Å². The van der Waals surface area contributed by atoms with Crippen LogP contribution in [0.2, 0.25) is 0 Å². The van der Waals surface area contributed by atoms with E-state index >= 15 is 0 Å². The first-order chi connectivity index (χ1) is 6.65. The second-order valence-electron chi connectivity index (χ2n) is 3.75. The van der Waals surface area contributed by atoms with E-state index in [1.165, 1.54) is 0 Å². The molecule has 82 valence electrons. The van der Waals surface area contributed by atoms with Crippen molar-refractivity contribution in [1.82, 2.24) is 10.2 Å². The van der Waals surface area contributed by atoms with Crippen LogP contribution in [0.4, 0.5) is 0 Å². The number of rotatable bonds is 7. The largest absolute Gasteiger partial charge is 0.302 e. The summed E-state index contributed by atoms with van der Waals surface area (Å²) in [5.74, 6) is 0. The first-order valence-electron chi connectivity index (χ1n) is 5.52. The van der Waals surface area contributed by atoms with Gasteiger partial charge in [-0.05, 0) is 33.4 Å². The van der Waals surface area contributed by atoms with E-state index < -0.39 is 0 Å². The van der Waals surface area contributed by atoms with Gasteiger partial charge in [0, 0.05) is 12.6 Å². The highest BCUT2D eigenvalue weighted by Gasteiger charge is 2.10. The van der Waals surface area contributed by atoms with Gasteiger partial charge in [0.25, 0.3) is 0 Å². The van der Waals surface area contributed by atoms with Gasteiger partial charge >= 0.3 is 0 Å². The fourth-order valence-corrected chi connectivity index (χ4v) is 1.54. The Bertz CT molecular complexity index is 172. The van der Waals surface area contributed by atoms with Gasteiger partial charge in [-0.3, -0.25) is 0 Å². The number of hydrogen-bond donors (Lipinski definition) is 1. The minimum Gasteiger partial charge on any atom is -0.302 e. The third kappa shape index (κ3) is 5.21. The Kier molecular flexibility index (Phi) is 7.45. The predicted molar refractivity (Wildman–Crippen MR) is 60.1 cm³/mol. The molecular weight excluding hydrogens is 174 g/mol. The fourth-order valence-electron chi connectivity index (χ4n) is 1.54. The van der Waals surface area contributed by atoms with E-state index in [0.717, 1.165) is 26.1 Å². The smallest absolute Gasteiger partial charge is 0.0965 e. The SMILES string of the molecule is CCNC(C#N)CCN(CC)C(C)C. The summed E-state index contributed by atoms with van der Waals surface area (Å²) >= 11 is 0. The van der Waals surface area contributed by atoms with E-state index in [1.54, 1.807) is 0 Å². The molecule has 1 N–H and O–H groups in total. The Morgan fingerprint density at radius 1 is 1.36 bits per heavy atom. The summed E-state index contributed by atoms with van der Waals surface area (Å²) in [5.41, 5.74) is 0. The quantitative estimate of drug-likeness (QED) is 0.674. The average Bonchev–Trinajstić information content (AvgIpc) is 2.16. The maximum absolute atomic E-state index is 8.85. The Labute approximate surface area is 88.1 Å². The maximum Gasteiger partial charge on any atom is 0.0965 e. The molecule has 0 heterocycles. The van der Waals surface area contributed by atoms with Gasteiger partial charge in [-0.25, -0.2) is 0 Å². The molecule has 0 aliphatic rings. The van der Waals surface area contributed by atoms with Crippen molar-refractivity contribution < 1.29 is 0 Å². The van der Waals surface area contributed by atoms with Crippen LogP contribution in [0.1, 0.15) is 34.1 Å². The number of nitrogens with zero attached hydrogens (tertiary/aromatic N) is 2. The van der Waals surface area contributed by atoms with Gasteiger partial charge in [-0.2, -0.15) is 5.26 Å². The van der Waals surface area contributed by atoms with Gasteiger partial charge in [-0.15, -0.1) is 0 Å². The minimum absolute atomic E-state index is 0.00722. The molecule has 0 amide bonds. The fraction of sp³-hybridized carbons (Fsp3) is 0.909. The monoisotopic (exact) mass is 197 g/mol. The minimum atomic E-state index is 0.00722. The van der Waals surface area contributed by atoms with Crippen molar-refractivity contribution in [2.45, 2.75) is 46.2 Å². The summed E-state index contributed by atoms with van der Waals surface area (Å²) in [4.78, 5) is 2.38. The molecule has 0 saturated carbocycles. The predicted octanol–water partition coefficient (Wildman–Crippen LogP) is 1.61. The lowest BCUT2D eigenvalue weighted by Crippen LogP contribution is -2.36. The van der Waals surface area contributed by atoms with Crippen molar-refractivity contribution in [3.8, 4) is 6.07 Å². The molecule has 0 aromatic heterocycles. The van der Waals surface area contributed by atoms with Crippen molar-refractivity contribution in [3.63, 3.8) is 0 Å². The van der Waals surface area contributed by atoms with Crippen LogP contribution in [0.5, 0.6) is 0 Å². The molecular formula is C11H23N3. The van der Waals surface area contributed by atoms with Crippen molar-refractivity contribution in [2.24, 2.45) is 0 Å². The summed E-state index contributed by atoms with van der Waals surface area (Å²) < 4.78 is 0. The second kappa shape index (κ2) is 7.78. The van der Waals surface area contributed by atoms with Gasteiger partial charge < -0.3 is 10.2 Å². The van der Waals surface area contributed by atoms with Crippen LogP contribution in [-0.4, -0.2) is 36.6 Å². The van der Waals surface area contributed by atoms with Crippen LogP contribution >= 0.6 is 0 Å². The molecule has 1 unspecified atom stereocenters. The molecule has 0 aliphatic heterocycles. The number of nitrogens with one attached hydrogen (secondary N) is 1. The van der Waals surface area contributed by atoms with E-state index in [2.05, 4.69) is 37.1 Å². The van der Waals surface area contributed by atoms with Crippen LogP contribution in [0, 0.1) is 11.3 Å². The molecule has 0 spiro atoms. The van der Waals surface area contributed by atoms with Crippen LogP contribution in [0.3, 0.4) is 0 Å². The molecule has 0 aliphatic carbocycles. The number of hydrogen-bond acceptors (Lipinski definition) is 3. The average molecular weight is 197 g/mol. The zero-order valence-electron chi connectivity index (χ0n) is 9.88. The molecule has 0 aromatic rings. The third-order valence-electron chi connectivity index (χ3n) is 2.45. The lowest BCUT2D eigenvalue weighted by molar-refractivity contribution is 0.225. The lowest BCUT2D eigenvalue weighted by atomic mass is 10.2.